The van der Waals surface area contributed by atoms with Crippen molar-refractivity contribution in [1.29, 1.82) is 0 Å². The molecule has 1 aliphatic carbocycles. The van der Waals surface area contributed by atoms with E-state index in [2.05, 4.69) is 9.64 Å². The lowest BCUT2D eigenvalue weighted by atomic mass is 10.00. The Hall–Kier alpha value is -4.39. The smallest absolute Gasteiger partial charge is 0.477 e. The van der Waals surface area contributed by atoms with Gasteiger partial charge in [0.2, 0.25) is 5.43 Å². The van der Waals surface area contributed by atoms with Crippen LogP contribution in [0.5, 0.6) is 5.75 Å². The maximum Gasteiger partial charge on any atom is 0.573 e. The van der Waals surface area contributed by atoms with Gasteiger partial charge in [-0.3, -0.25) is 9.69 Å². The summed E-state index contributed by atoms with van der Waals surface area (Å²) in [5, 5.41) is 9.30. The number of carboxylic acid groups (broad SMARTS) is 1. The van der Waals surface area contributed by atoms with Gasteiger partial charge in [-0.2, -0.15) is 0 Å². The van der Waals surface area contributed by atoms with Gasteiger partial charge in [0, 0.05) is 50.3 Å². The summed E-state index contributed by atoms with van der Waals surface area (Å²) >= 11 is 0. The molecule has 8 nitrogen and oxygen atoms in total. The van der Waals surface area contributed by atoms with Crippen LogP contribution < -0.4 is 20.0 Å². The monoisotopic (exact) mass is 644 g/mol. The summed E-state index contributed by atoms with van der Waals surface area (Å²) in [6.07, 6.45) is 3.87. The van der Waals surface area contributed by atoms with E-state index < -0.39 is 51.8 Å². The molecule has 13 heteroatoms. The van der Waals surface area contributed by atoms with Gasteiger partial charge in [-0.25, -0.2) is 13.6 Å². The summed E-state index contributed by atoms with van der Waals surface area (Å²) < 4.78 is 77.3. The maximum atomic E-state index is 15.9. The Morgan fingerprint density at radius 2 is 1.61 bits per heavy atom. The Labute approximate surface area is 261 Å². The number of piperazine rings is 1. The minimum atomic E-state index is -5.26. The predicted octanol–water partition coefficient (Wildman–Crippen LogP) is 6.25. The number of hydrogen-bond donors (Lipinski definition) is 1. The lowest BCUT2D eigenvalue weighted by Gasteiger charge is -2.38. The molecule has 2 aromatic carbocycles. The van der Waals surface area contributed by atoms with Crippen molar-refractivity contribution in [2.45, 2.75) is 38.5 Å². The number of benzene rings is 2. The Kier molecular flexibility index (Phi) is 8.78. The second-order valence-corrected chi connectivity index (χ2v) is 11.8. The van der Waals surface area contributed by atoms with Crippen molar-refractivity contribution < 1.29 is 36.6 Å². The van der Waals surface area contributed by atoms with E-state index in [1.54, 1.807) is 24.3 Å². The van der Waals surface area contributed by atoms with Crippen LogP contribution >= 0.6 is 0 Å². The summed E-state index contributed by atoms with van der Waals surface area (Å²) in [4.78, 5) is 31.1. The largest absolute Gasteiger partial charge is 0.573 e. The number of anilines is 2. The standard InChI is InChI=1S/C33H33F5N4O4/c34-22-7-9-23(10-8-22)40-13-15-41(16-14-40)29-27(35)18-25-28(31(29)46-33(36,37)38)42(20-26(30(25)43)32(44)45)24-6-4-5-21(17-24)19-39-11-2-1-3-12-39/h6-10,17-18,20H,1-5,11-16,19H2,(H,44,45). The third kappa shape index (κ3) is 6.60. The first-order valence-corrected chi connectivity index (χ1v) is 15.3. The number of ether oxygens (including phenoxy) is 1. The van der Waals surface area contributed by atoms with Crippen molar-refractivity contribution >= 4 is 33.9 Å². The van der Waals surface area contributed by atoms with Crippen LogP contribution in [0.15, 0.2) is 59.0 Å². The summed E-state index contributed by atoms with van der Waals surface area (Å²) in [5.41, 5.74) is -0.579. The minimum Gasteiger partial charge on any atom is -0.477 e. The molecule has 0 unspecified atom stereocenters. The fraction of sp³-hybridized carbons (Fsp3) is 0.394. The SMILES string of the molecule is O=C(O)c1cn(C2=CCCC(CN3CCCCC3)=C2)c2c(OC(F)(F)F)c(N3CCN(c4ccc(F)cc4)CC3)c(F)cc2c1=O. The highest BCUT2D eigenvalue weighted by molar-refractivity contribution is 5.99. The number of halogens is 5. The molecule has 1 N–H and O–H groups in total. The number of alkyl halides is 3. The summed E-state index contributed by atoms with van der Waals surface area (Å²) in [6, 6.07) is 6.58. The molecule has 0 bridgehead atoms. The number of carbonyl (C=O) groups is 1. The highest BCUT2D eigenvalue weighted by atomic mass is 19.4. The molecule has 244 valence electrons. The van der Waals surface area contributed by atoms with E-state index in [0.29, 0.717) is 30.8 Å². The molecule has 0 atom stereocenters. The van der Waals surface area contributed by atoms with Crippen LogP contribution in [0, 0.1) is 11.6 Å². The number of hydrogen-bond acceptors (Lipinski definition) is 6. The fourth-order valence-electron chi connectivity index (χ4n) is 6.56. The molecule has 2 aliphatic heterocycles. The van der Waals surface area contributed by atoms with E-state index >= 15 is 4.39 Å². The molecule has 3 aromatic rings. The van der Waals surface area contributed by atoms with Gasteiger partial charge in [-0.05, 0) is 75.2 Å². The molecule has 0 saturated carbocycles. The number of allylic oxidation sites excluding steroid dienone is 3. The maximum absolute atomic E-state index is 15.9. The zero-order valence-electron chi connectivity index (χ0n) is 25.0. The first-order valence-electron chi connectivity index (χ1n) is 15.3. The van der Waals surface area contributed by atoms with Crippen molar-refractivity contribution in [3.63, 3.8) is 0 Å². The molecule has 0 radical (unpaired) electrons. The first-order chi connectivity index (χ1) is 22.0. The van der Waals surface area contributed by atoms with Gasteiger partial charge in [0.25, 0.3) is 0 Å². The van der Waals surface area contributed by atoms with E-state index in [9.17, 15) is 32.3 Å². The van der Waals surface area contributed by atoms with E-state index in [1.165, 1.54) is 21.6 Å². The van der Waals surface area contributed by atoms with Crippen LogP contribution in [-0.2, 0) is 0 Å². The van der Waals surface area contributed by atoms with Crippen LogP contribution in [0.25, 0.3) is 16.6 Å². The number of pyridine rings is 1. The normalized spacial score (nSPS) is 18.0. The number of aromatic nitrogens is 1. The highest BCUT2D eigenvalue weighted by Crippen LogP contribution is 2.43. The fourth-order valence-corrected chi connectivity index (χ4v) is 6.56. The van der Waals surface area contributed by atoms with Crippen LogP contribution in [0.3, 0.4) is 0 Å². The molecule has 6 rings (SSSR count). The summed E-state index contributed by atoms with van der Waals surface area (Å²) in [7, 11) is 0. The Morgan fingerprint density at radius 3 is 2.26 bits per heavy atom. The van der Waals surface area contributed by atoms with Crippen molar-refractivity contribution in [1.82, 2.24) is 9.47 Å². The zero-order valence-corrected chi connectivity index (χ0v) is 25.0. The van der Waals surface area contributed by atoms with Crippen molar-refractivity contribution in [3.05, 3.63) is 81.7 Å². The molecular formula is C33H33F5N4O4. The van der Waals surface area contributed by atoms with Gasteiger partial charge >= 0.3 is 12.3 Å². The summed E-state index contributed by atoms with van der Waals surface area (Å²) in [5.74, 6) is -4.06. The van der Waals surface area contributed by atoms with Crippen LogP contribution in [0.2, 0.25) is 0 Å². The average molecular weight is 645 g/mol. The molecule has 1 aromatic heterocycles. The van der Waals surface area contributed by atoms with Crippen LogP contribution in [0.4, 0.5) is 33.3 Å². The number of carboxylic acids is 1. The van der Waals surface area contributed by atoms with Crippen molar-refractivity contribution in [2.75, 3.05) is 55.6 Å². The van der Waals surface area contributed by atoms with Gasteiger partial charge < -0.3 is 24.2 Å². The number of fused-ring (bicyclic) bond motifs is 1. The quantitative estimate of drug-likeness (QED) is 0.305. The summed E-state index contributed by atoms with van der Waals surface area (Å²) in [6.45, 7) is 3.27. The Morgan fingerprint density at radius 1 is 0.935 bits per heavy atom. The van der Waals surface area contributed by atoms with E-state index in [4.69, 9.17) is 0 Å². The van der Waals surface area contributed by atoms with E-state index in [1.807, 2.05) is 4.90 Å². The molecule has 2 fully saturated rings. The second-order valence-electron chi connectivity index (χ2n) is 11.8. The molecular weight excluding hydrogens is 611 g/mol. The highest BCUT2D eigenvalue weighted by Gasteiger charge is 2.37. The van der Waals surface area contributed by atoms with E-state index in [0.717, 1.165) is 50.2 Å². The van der Waals surface area contributed by atoms with Gasteiger partial charge in [-0.1, -0.05) is 18.1 Å². The number of rotatable bonds is 7. The van der Waals surface area contributed by atoms with Crippen LogP contribution in [-0.4, -0.2) is 72.7 Å². The van der Waals surface area contributed by atoms with Gasteiger partial charge in [0.05, 0.1) is 5.39 Å². The molecule has 2 saturated heterocycles. The molecule has 46 heavy (non-hydrogen) atoms. The second kappa shape index (κ2) is 12.8. The van der Waals surface area contributed by atoms with Gasteiger partial charge in [0.15, 0.2) is 11.6 Å². The predicted molar refractivity (Wildman–Crippen MR) is 165 cm³/mol. The van der Waals surface area contributed by atoms with Crippen molar-refractivity contribution in [3.8, 4) is 5.75 Å². The minimum absolute atomic E-state index is 0.0913. The lowest BCUT2D eigenvalue weighted by Crippen LogP contribution is -2.47. The third-order valence-corrected chi connectivity index (χ3v) is 8.73. The zero-order chi connectivity index (χ0) is 32.6. The number of piperidine rings is 1. The third-order valence-electron chi connectivity index (χ3n) is 8.73. The van der Waals surface area contributed by atoms with Gasteiger partial charge in [-0.15, -0.1) is 13.2 Å². The molecule has 0 amide bonds. The lowest BCUT2D eigenvalue weighted by molar-refractivity contribution is -0.274. The topological polar surface area (TPSA) is 78.2 Å². The average Bonchev–Trinajstić information content (AvgIpc) is 3.02. The van der Waals surface area contributed by atoms with Crippen molar-refractivity contribution in [2.24, 2.45) is 0 Å². The van der Waals surface area contributed by atoms with Gasteiger partial charge in [0.1, 0.15) is 22.6 Å². The van der Waals surface area contributed by atoms with Crippen LogP contribution in [0.1, 0.15) is 42.5 Å². The molecule has 3 aliphatic rings. The first kappa shape index (κ1) is 31.6. The number of nitrogens with zero attached hydrogens (tertiary/aromatic N) is 4. The Balaban J connectivity index is 1.47. The Bertz CT molecular complexity index is 1750. The number of aromatic carboxylic acids is 1. The van der Waals surface area contributed by atoms with E-state index in [-0.39, 0.29) is 31.7 Å². The number of likely N-dealkylation sites (tertiary alicyclic amines) is 1. The molecule has 3 heterocycles. The molecule has 0 spiro atoms.